The van der Waals surface area contributed by atoms with E-state index in [-0.39, 0.29) is 0 Å². The number of phenols is 1. The van der Waals surface area contributed by atoms with Gasteiger partial charge >= 0.3 is 0 Å². The van der Waals surface area contributed by atoms with E-state index in [0.717, 1.165) is 36.1 Å². The molecule has 3 heterocycles. The van der Waals surface area contributed by atoms with Crippen molar-refractivity contribution in [2.45, 2.75) is 31.3 Å². The van der Waals surface area contributed by atoms with Crippen molar-refractivity contribution < 1.29 is 9.67 Å². The van der Waals surface area contributed by atoms with E-state index in [1.807, 2.05) is 12.1 Å². The van der Waals surface area contributed by atoms with Crippen molar-refractivity contribution in [1.82, 2.24) is 9.88 Å². The fourth-order valence-corrected chi connectivity index (χ4v) is 4.64. The van der Waals surface area contributed by atoms with Crippen LogP contribution in [0, 0.1) is 5.92 Å². The third kappa shape index (κ3) is 1.25. The summed E-state index contributed by atoms with van der Waals surface area (Å²) in [5.74, 6) is 3.31. The summed E-state index contributed by atoms with van der Waals surface area (Å²) in [5.41, 5.74) is 2.31. The van der Waals surface area contributed by atoms with Crippen molar-refractivity contribution in [2.75, 3.05) is 13.1 Å². The predicted molar refractivity (Wildman–Crippen MR) is 71.0 cm³/mol. The largest absolute Gasteiger partial charge is 0.508 e. The Hall–Kier alpha value is -1.55. The van der Waals surface area contributed by atoms with Gasteiger partial charge in [0.15, 0.2) is 11.0 Å². The zero-order valence-corrected chi connectivity index (χ0v) is 10.8. The van der Waals surface area contributed by atoms with Crippen LogP contribution in [0.15, 0.2) is 18.2 Å². The van der Waals surface area contributed by atoms with Crippen LogP contribution in [0.25, 0.3) is 11.0 Å². The standard InChI is InChI=1S/C15H17N3O/c19-10-1-2-12-14(7-10)18-4-3-17-8-9-5-11(13(17)6-9)15(18)16-12/h1-2,7,9,11,13,19H,3-6,8H2/p+1/t9-,11+,13-/m0/s1. The Morgan fingerprint density at radius 2 is 2.26 bits per heavy atom. The smallest absolute Gasteiger partial charge is 0.259 e. The number of nitrogens with one attached hydrogen (secondary N) is 1. The van der Waals surface area contributed by atoms with E-state index in [1.54, 1.807) is 6.07 Å². The van der Waals surface area contributed by atoms with Gasteiger partial charge in [0.25, 0.3) is 5.82 Å². The molecule has 2 N–H and O–H groups in total. The summed E-state index contributed by atoms with van der Waals surface area (Å²) in [6.07, 6.45) is 2.71. The maximum Gasteiger partial charge on any atom is 0.259 e. The topological polar surface area (TPSA) is 43.1 Å². The van der Waals surface area contributed by atoms with Crippen molar-refractivity contribution in [2.24, 2.45) is 5.92 Å². The van der Waals surface area contributed by atoms with Gasteiger partial charge in [-0.3, -0.25) is 4.90 Å². The Bertz CT molecular complexity index is 677. The first-order valence-electron chi connectivity index (χ1n) is 7.28. The lowest BCUT2D eigenvalue weighted by atomic mass is 9.98. The minimum atomic E-state index is 0.360. The molecule has 3 atom stereocenters. The summed E-state index contributed by atoms with van der Waals surface area (Å²) in [7, 11) is 0. The first-order chi connectivity index (χ1) is 9.29. The molecular formula is C15H18N3O+. The number of fused-ring (bicyclic) bond motifs is 5. The molecule has 3 aliphatic rings. The van der Waals surface area contributed by atoms with Crippen LogP contribution >= 0.6 is 0 Å². The summed E-state index contributed by atoms with van der Waals surface area (Å²) in [6.45, 7) is 3.49. The molecule has 1 aromatic carbocycles. The maximum absolute atomic E-state index is 9.73. The lowest BCUT2D eigenvalue weighted by Gasteiger charge is -2.27. The number of aromatic amines is 1. The van der Waals surface area contributed by atoms with Crippen LogP contribution in [0.1, 0.15) is 24.6 Å². The highest BCUT2D eigenvalue weighted by atomic mass is 16.3. The van der Waals surface area contributed by atoms with Crippen molar-refractivity contribution in [3.63, 3.8) is 0 Å². The minimum absolute atomic E-state index is 0.360. The third-order valence-electron chi connectivity index (χ3n) is 5.38. The van der Waals surface area contributed by atoms with Crippen molar-refractivity contribution in [3.8, 4) is 5.75 Å². The third-order valence-corrected chi connectivity index (χ3v) is 5.38. The van der Waals surface area contributed by atoms with E-state index in [4.69, 9.17) is 0 Å². The normalized spacial score (nSPS) is 32.7. The summed E-state index contributed by atoms with van der Waals surface area (Å²) in [4.78, 5) is 6.30. The van der Waals surface area contributed by atoms with Gasteiger partial charge in [-0.1, -0.05) is 0 Å². The second-order valence-corrected chi connectivity index (χ2v) is 6.37. The number of imidazole rings is 1. The number of phenolic OH excluding ortho intramolecular Hbond substituents is 1. The van der Waals surface area contributed by atoms with Gasteiger partial charge in [0.2, 0.25) is 0 Å². The first-order valence-corrected chi connectivity index (χ1v) is 7.28. The monoisotopic (exact) mass is 256 g/mol. The minimum Gasteiger partial charge on any atom is -0.508 e. The van der Waals surface area contributed by atoms with E-state index in [2.05, 4.69) is 14.5 Å². The van der Waals surface area contributed by atoms with Crippen molar-refractivity contribution in [1.29, 1.82) is 0 Å². The van der Waals surface area contributed by atoms with Crippen LogP contribution in [0.5, 0.6) is 5.75 Å². The summed E-state index contributed by atoms with van der Waals surface area (Å²) < 4.78 is 2.40. The number of rotatable bonds is 0. The van der Waals surface area contributed by atoms with Crippen LogP contribution in [-0.4, -0.2) is 34.1 Å². The Morgan fingerprint density at radius 1 is 1.32 bits per heavy atom. The van der Waals surface area contributed by atoms with Gasteiger partial charge in [-0.15, -0.1) is 0 Å². The van der Waals surface area contributed by atoms with Crippen LogP contribution in [0.2, 0.25) is 0 Å². The predicted octanol–water partition coefficient (Wildman–Crippen LogP) is 1.35. The SMILES string of the molecule is Oc1ccc2[nH]c3[n+](c2c1)CCN1C[C@H]2C[C@@H]3[C@@H]1C2. The molecule has 98 valence electrons. The van der Waals surface area contributed by atoms with Crippen molar-refractivity contribution >= 4 is 11.0 Å². The fraction of sp³-hybridized carbons (Fsp3) is 0.533. The molecule has 1 aliphatic carbocycles. The van der Waals surface area contributed by atoms with Gasteiger partial charge in [-0.2, -0.15) is 0 Å². The fourth-order valence-electron chi connectivity index (χ4n) is 4.64. The lowest BCUT2D eigenvalue weighted by molar-refractivity contribution is -0.677. The molecule has 0 radical (unpaired) electrons. The highest BCUT2D eigenvalue weighted by Crippen LogP contribution is 2.47. The summed E-state index contributed by atoms with van der Waals surface area (Å²) in [5, 5.41) is 9.73. The molecule has 0 unspecified atom stereocenters. The molecular weight excluding hydrogens is 238 g/mol. The molecule has 0 spiro atoms. The molecule has 1 aromatic heterocycles. The molecule has 1 saturated heterocycles. The van der Waals surface area contributed by atoms with E-state index >= 15 is 0 Å². The first kappa shape index (κ1) is 10.3. The van der Waals surface area contributed by atoms with E-state index in [9.17, 15) is 5.11 Å². The second kappa shape index (κ2) is 3.31. The number of aromatic nitrogens is 2. The molecule has 1 saturated carbocycles. The van der Waals surface area contributed by atoms with E-state index in [0.29, 0.717) is 11.7 Å². The summed E-state index contributed by atoms with van der Waals surface area (Å²) in [6, 6.07) is 6.41. The Balaban J connectivity index is 1.75. The Kier molecular flexibility index (Phi) is 1.79. The van der Waals surface area contributed by atoms with Gasteiger partial charge in [0.05, 0.1) is 5.92 Å². The molecule has 2 fully saturated rings. The average Bonchev–Trinajstić information content (AvgIpc) is 3.05. The molecule has 4 heteroatoms. The van der Waals surface area contributed by atoms with Gasteiger partial charge in [-0.25, -0.2) is 9.55 Å². The number of hydrogen-bond donors (Lipinski definition) is 2. The highest BCUT2D eigenvalue weighted by molar-refractivity contribution is 5.73. The van der Waals surface area contributed by atoms with Gasteiger partial charge in [0.1, 0.15) is 12.3 Å². The molecule has 2 aliphatic heterocycles. The van der Waals surface area contributed by atoms with Crippen molar-refractivity contribution in [3.05, 3.63) is 24.0 Å². The lowest BCUT2D eigenvalue weighted by Crippen LogP contribution is -2.39. The molecule has 19 heavy (non-hydrogen) atoms. The molecule has 5 rings (SSSR count). The van der Waals surface area contributed by atoms with Gasteiger partial charge in [0, 0.05) is 25.2 Å². The maximum atomic E-state index is 9.73. The zero-order chi connectivity index (χ0) is 12.6. The molecule has 0 amide bonds. The van der Waals surface area contributed by atoms with Crippen LogP contribution in [0.3, 0.4) is 0 Å². The van der Waals surface area contributed by atoms with Crippen LogP contribution < -0.4 is 4.57 Å². The van der Waals surface area contributed by atoms with Gasteiger partial charge in [-0.05, 0) is 30.9 Å². The Labute approximate surface area is 111 Å². The number of nitrogens with zero attached hydrogens (tertiary/aromatic N) is 2. The number of H-pyrrole nitrogens is 1. The summed E-state index contributed by atoms with van der Waals surface area (Å²) >= 11 is 0. The zero-order valence-electron chi connectivity index (χ0n) is 10.8. The quantitative estimate of drug-likeness (QED) is 0.699. The number of benzene rings is 1. The molecule has 4 nitrogen and oxygen atoms in total. The second-order valence-electron chi connectivity index (χ2n) is 6.37. The average molecular weight is 256 g/mol. The van der Waals surface area contributed by atoms with E-state index < -0.39 is 0 Å². The number of aromatic hydroxyl groups is 1. The number of hydrogen-bond acceptors (Lipinski definition) is 2. The van der Waals surface area contributed by atoms with Crippen LogP contribution in [0.4, 0.5) is 0 Å². The molecule has 2 aromatic rings. The Morgan fingerprint density at radius 3 is 3.16 bits per heavy atom. The molecule has 2 bridgehead atoms. The van der Waals surface area contributed by atoms with Crippen LogP contribution in [-0.2, 0) is 6.54 Å². The van der Waals surface area contributed by atoms with E-state index in [1.165, 1.54) is 25.2 Å². The van der Waals surface area contributed by atoms with Gasteiger partial charge < -0.3 is 5.11 Å². The number of piperidine rings is 1. The highest BCUT2D eigenvalue weighted by Gasteiger charge is 2.50.